The molecule has 0 bridgehead atoms. The number of carbonyl (C=O) groups is 2. The Morgan fingerprint density at radius 1 is 1.13 bits per heavy atom. The van der Waals surface area contributed by atoms with Crippen LogP contribution in [-0.4, -0.2) is 56.1 Å². The minimum absolute atomic E-state index is 0.0452. The second-order valence-electron chi connectivity index (χ2n) is 7.71. The molecule has 158 valence electrons. The summed E-state index contributed by atoms with van der Waals surface area (Å²) in [6.45, 7) is 3.41. The molecule has 0 spiro atoms. The van der Waals surface area contributed by atoms with Crippen LogP contribution in [0.3, 0.4) is 0 Å². The lowest BCUT2D eigenvalue weighted by molar-refractivity contribution is -0.126. The SMILES string of the molecule is O=C(NCC(c1cccc(F)c1)N1CCOCC1)C1CC(=O)N(c2ccccc2)C1. The van der Waals surface area contributed by atoms with Crippen molar-refractivity contribution in [1.29, 1.82) is 0 Å². The molecule has 2 amide bonds. The van der Waals surface area contributed by atoms with Crippen LogP contribution in [0.1, 0.15) is 18.0 Å². The summed E-state index contributed by atoms with van der Waals surface area (Å²) in [6.07, 6.45) is 0.197. The lowest BCUT2D eigenvalue weighted by Gasteiger charge is -2.35. The van der Waals surface area contributed by atoms with Gasteiger partial charge < -0.3 is 15.0 Å². The lowest BCUT2D eigenvalue weighted by atomic mass is 10.0. The summed E-state index contributed by atoms with van der Waals surface area (Å²) in [5, 5.41) is 3.01. The molecule has 0 aromatic heterocycles. The molecule has 2 atom stereocenters. The minimum Gasteiger partial charge on any atom is -0.379 e. The van der Waals surface area contributed by atoms with Gasteiger partial charge in [0.25, 0.3) is 0 Å². The van der Waals surface area contributed by atoms with Crippen molar-refractivity contribution in [1.82, 2.24) is 10.2 Å². The molecule has 0 radical (unpaired) electrons. The van der Waals surface area contributed by atoms with Gasteiger partial charge in [-0.2, -0.15) is 0 Å². The van der Waals surface area contributed by atoms with Crippen molar-refractivity contribution >= 4 is 17.5 Å². The highest BCUT2D eigenvalue weighted by Gasteiger charge is 2.35. The average Bonchev–Trinajstić information content (AvgIpc) is 3.17. The van der Waals surface area contributed by atoms with Crippen LogP contribution in [0, 0.1) is 11.7 Å². The number of nitrogens with zero attached hydrogens (tertiary/aromatic N) is 2. The van der Waals surface area contributed by atoms with Gasteiger partial charge in [0.15, 0.2) is 0 Å². The number of hydrogen-bond donors (Lipinski definition) is 1. The number of rotatable bonds is 6. The number of benzene rings is 2. The van der Waals surface area contributed by atoms with Crippen molar-refractivity contribution in [2.75, 3.05) is 44.3 Å². The zero-order valence-electron chi connectivity index (χ0n) is 16.8. The molecule has 2 fully saturated rings. The van der Waals surface area contributed by atoms with Gasteiger partial charge >= 0.3 is 0 Å². The number of carbonyl (C=O) groups excluding carboxylic acids is 2. The van der Waals surface area contributed by atoms with Gasteiger partial charge in [0.1, 0.15) is 5.82 Å². The summed E-state index contributed by atoms with van der Waals surface area (Å²) in [4.78, 5) is 29.1. The fourth-order valence-electron chi connectivity index (χ4n) is 4.14. The van der Waals surface area contributed by atoms with Crippen LogP contribution >= 0.6 is 0 Å². The molecule has 2 heterocycles. The van der Waals surface area contributed by atoms with Gasteiger partial charge in [0.05, 0.1) is 25.2 Å². The van der Waals surface area contributed by atoms with Crippen molar-refractivity contribution in [3.8, 4) is 0 Å². The maximum absolute atomic E-state index is 13.8. The van der Waals surface area contributed by atoms with Gasteiger partial charge in [0.2, 0.25) is 11.8 Å². The smallest absolute Gasteiger partial charge is 0.227 e. The molecule has 6 nitrogen and oxygen atoms in total. The zero-order valence-corrected chi connectivity index (χ0v) is 16.8. The van der Waals surface area contributed by atoms with E-state index < -0.39 is 5.92 Å². The number of amides is 2. The minimum atomic E-state index is -0.393. The number of nitrogens with one attached hydrogen (secondary N) is 1. The highest BCUT2D eigenvalue weighted by atomic mass is 19.1. The van der Waals surface area contributed by atoms with Crippen LogP contribution in [0.4, 0.5) is 10.1 Å². The third-order valence-electron chi connectivity index (χ3n) is 5.75. The van der Waals surface area contributed by atoms with E-state index in [2.05, 4.69) is 10.2 Å². The van der Waals surface area contributed by atoms with Crippen LogP contribution in [0.5, 0.6) is 0 Å². The quantitative estimate of drug-likeness (QED) is 0.793. The first-order valence-corrected chi connectivity index (χ1v) is 10.3. The number of para-hydroxylation sites is 1. The standard InChI is InChI=1S/C23H26FN3O3/c24-19-6-4-5-17(13-19)21(26-9-11-30-12-10-26)15-25-23(29)18-14-22(28)27(16-18)20-7-2-1-3-8-20/h1-8,13,18,21H,9-12,14-16H2,(H,25,29). The van der Waals surface area contributed by atoms with Crippen molar-refractivity contribution < 1.29 is 18.7 Å². The summed E-state index contributed by atoms with van der Waals surface area (Å²) in [5.74, 6) is -0.875. The molecule has 2 aromatic carbocycles. The number of ether oxygens (including phenoxy) is 1. The van der Waals surface area contributed by atoms with Crippen LogP contribution < -0.4 is 10.2 Å². The maximum atomic E-state index is 13.8. The van der Waals surface area contributed by atoms with E-state index in [1.165, 1.54) is 12.1 Å². The Bertz CT molecular complexity index is 886. The second kappa shape index (κ2) is 9.36. The van der Waals surface area contributed by atoms with Gasteiger partial charge in [0, 0.05) is 38.3 Å². The molecule has 2 aromatic rings. The molecule has 4 rings (SSSR count). The molecule has 2 aliphatic heterocycles. The van der Waals surface area contributed by atoms with Crippen LogP contribution in [0.15, 0.2) is 54.6 Å². The van der Waals surface area contributed by atoms with Crippen LogP contribution in [0.25, 0.3) is 0 Å². The third kappa shape index (κ3) is 4.68. The summed E-state index contributed by atoms with van der Waals surface area (Å²) in [5.41, 5.74) is 1.63. The van der Waals surface area contributed by atoms with E-state index in [-0.39, 0.29) is 30.1 Å². The predicted molar refractivity (Wildman–Crippen MR) is 111 cm³/mol. The Balaban J connectivity index is 1.42. The van der Waals surface area contributed by atoms with E-state index in [0.29, 0.717) is 26.3 Å². The molecule has 0 saturated carbocycles. The molecule has 30 heavy (non-hydrogen) atoms. The first-order valence-electron chi connectivity index (χ1n) is 10.3. The van der Waals surface area contributed by atoms with E-state index in [1.807, 2.05) is 36.4 Å². The summed E-state index contributed by atoms with van der Waals surface area (Å²) in [7, 11) is 0. The Hall–Kier alpha value is -2.77. The monoisotopic (exact) mass is 411 g/mol. The van der Waals surface area contributed by atoms with Gasteiger partial charge in [-0.15, -0.1) is 0 Å². The highest BCUT2D eigenvalue weighted by molar-refractivity contribution is 6.00. The number of halogens is 1. The first kappa shape index (κ1) is 20.5. The molecule has 0 aliphatic carbocycles. The molecule has 2 saturated heterocycles. The summed E-state index contributed by atoms with van der Waals surface area (Å²) >= 11 is 0. The Morgan fingerprint density at radius 2 is 1.90 bits per heavy atom. The topological polar surface area (TPSA) is 61.9 Å². The number of morpholine rings is 1. The van der Waals surface area contributed by atoms with Crippen molar-refractivity contribution in [3.63, 3.8) is 0 Å². The predicted octanol–water partition coefficient (Wildman–Crippen LogP) is 2.37. The fourth-order valence-corrected chi connectivity index (χ4v) is 4.14. The van der Waals surface area contributed by atoms with Crippen molar-refractivity contribution in [2.24, 2.45) is 5.92 Å². The van der Waals surface area contributed by atoms with Crippen LogP contribution in [-0.2, 0) is 14.3 Å². The van der Waals surface area contributed by atoms with E-state index in [1.54, 1.807) is 11.0 Å². The molecule has 1 N–H and O–H groups in total. The molecular formula is C23H26FN3O3. The lowest BCUT2D eigenvalue weighted by Crippen LogP contribution is -2.45. The molecule has 2 aliphatic rings. The van der Waals surface area contributed by atoms with E-state index in [0.717, 1.165) is 24.3 Å². The van der Waals surface area contributed by atoms with Gasteiger partial charge in [-0.05, 0) is 29.8 Å². The first-order chi connectivity index (χ1) is 14.6. The zero-order chi connectivity index (χ0) is 20.9. The third-order valence-corrected chi connectivity index (χ3v) is 5.75. The van der Waals surface area contributed by atoms with E-state index in [9.17, 15) is 14.0 Å². The fraction of sp³-hybridized carbons (Fsp3) is 0.391. The van der Waals surface area contributed by atoms with Gasteiger partial charge in [-0.1, -0.05) is 30.3 Å². The normalized spacial score (nSPS) is 20.9. The van der Waals surface area contributed by atoms with Crippen molar-refractivity contribution in [3.05, 3.63) is 66.0 Å². The summed E-state index contributed by atoms with van der Waals surface area (Å²) in [6, 6.07) is 15.8. The number of hydrogen-bond acceptors (Lipinski definition) is 4. The Morgan fingerprint density at radius 3 is 2.63 bits per heavy atom. The maximum Gasteiger partial charge on any atom is 0.227 e. The highest BCUT2D eigenvalue weighted by Crippen LogP contribution is 2.26. The Kier molecular flexibility index (Phi) is 6.40. The van der Waals surface area contributed by atoms with Crippen LogP contribution in [0.2, 0.25) is 0 Å². The van der Waals surface area contributed by atoms with Gasteiger partial charge in [-0.3, -0.25) is 14.5 Å². The average molecular weight is 411 g/mol. The van der Waals surface area contributed by atoms with E-state index in [4.69, 9.17) is 4.74 Å². The molecule has 2 unspecified atom stereocenters. The molecular weight excluding hydrogens is 385 g/mol. The second-order valence-corrected chi connectivity index (χ2v) is 7.71. The molecule has 7 heteroatoms. The summed E-state index contributed by atoms with van der Waals surface area (Å²) < 4.78 is 19.2. The van der Waals surface area contributed by atoms with E-state index >= 15 is 0 Å². The largest absolute Gasteiger partial charge is 0.379 e. The van der Waals surface area contributed by atoms with Gasteiger partial charge in [-0.25, -0.2) is 4.39 Å². The number of anilines is 1. The Labute approximate surface area is 175 Å². The van der Waals surface area contributed by atoms with Crippen molar-refractivity contribution in [2.45, 2.75) is 12.5 Å².